The summed E-state index contributed by atoms with van der Waals surface area (Å²) in [6.07, 6.45) is 8.41. The average molecular weight is 269 g/mol. The van der Waals surface area contributed by atoms with Gasteiger partial charge >= 0.3 is 0 Å². The third-order valence-corrected chi connectivity index (χ3v) is 5.12. The lowest BCUT2D eigenvalue weighted by Crippen LogP contribution is -2.43. The molecule has 1 N–H and O–H groups in total. The second-order valence-corrected chi connectivity index (χ2v) is 6.51. The van der Waals surface area contributed by atoms with Crippen LogP contribution in [0.1, 0.15) is 44.9 Å². The zero-order chi connectivity index (χ0) is 13.2. The highest BCUT2D eigenvalue weighted by Crippen LogP contribution is 2.48. The SMILES string of the molecule is COCCC1(CNC2CCC3(CC2)OCCO3)CC1. The van der Waals surface area contributed by atoms with Gasteiger partial charge in [0.05, 0.1) is 13.2 Å². The van der Waals surface area contributed by atoms with Gasteiger partial charge in [0.1, 0.15) is 0 Å². The van der Waals surface area contributed by atoms with Crippen molar-refractivity contribution in [3.8, 4) is 0 Å². The zero-order valence-corrected chi connectivity index (χ0v) is 12.1. The third kappa shape index (κ3) is 3.30. The molecule has 3 rings (SSSR count). The Morgan fingerprint density at radius 2 is 1.79 bits per heavy atom. The average Bonchev–Trinajstić information content (AvgIpc) is 3.08. The Kier molecular flexibility index (Phi) is 4.13. The topological polar surface area (TPSA) is 39.7 Å². The van der Waals surface area contributed by atoms with E-state index in [1.165, 1.54) is 32.1 Å². The molecule has 4 nitrogen and oxygen atoms in total. The summed E-state index contributed by atoms with van der Waals surface area (Å²) >= 11 is 0. The molecule has 0 aromatic carbocycles. The van der Waals surface area contributed by atoms with Crippen LogP contribution in [0.25, 0.3) is 0 Å². The largest absolute Gasteiger partial charge is 0.385 e. The minimum Gasteiger partial charge on any atom is -0.385 e. The van der Waals surface area contributed by atoms with E-state index in [1.807, 2.05) is 0 Å². The number of hydrogen-bond acceptors (Lipinski definition) is 4. The minimum atomic E-state index is -0.217. The van der Waals surface area contributed by atoms with Crippen molar-refractivity contribution in [3.05, 3.63) is 0 Å². The summed E-state index contributed by atoms with van der Waals surface area (Å²) < 4.78 is 16.8. The number of methoxy groups -OCH3 is 1. The second kappa shape index (κ2) is 5.68. The van der Waals surface area contributed by atoms with Crippen molar-refractivity contribution in [1.82, 2.24) is 5.32 Å². The van der Waals surface area contributed by atoms with Gasteiger partial charge in [-0.2, -0.15) is 0 Å². The molecule has 2 saturated carbocycles. The molecule has 0 aromatic heterocycles. The number of rotatable bonds is 6. The van der Waals surface area contributed by atoms with Gasteiger partial charge in [-0.15, -0.1) is 0 Å². The molecule has 2 aliphatic carbocycles. The van der Waals surface area contributed by atoms with E-state index in [0.717, 1.165) is 39.2 Å². The predicted molar refractivity (Wildman–Crippen MR) is 73.1 cm³/mol. The van der Waals surface area contributed by atoms with Crippen LogP contribution in [0.3, 0.4) is 0 Å². The lowest BCUT2D eigenvalue weighted by Gasteiger charge is -2.36. The quantitative estimate of drug-likeness (QED) is 0.801. The van der Waals surface area contributed by atoms with Gasteiger partial charge in [-0.25, -0.2) is 0 Å². The van der Waals surface area contributed by atoms with Crippen LogP contribution >= 0.6 is 0 Å². The van der Waals surface area contributed by atoms with Crippen molar-refractivity contribution in [1.29, 1.82) is 0 Å². The zero-order valence-electron chi connectivity index (χ0n) is 12.1. The van der Waals surface area contributed by atoms with Gasteiger partial charge in [0.2, 0.25) is 0 Å². The molecule has 3 aliphatic rings. The molecule has 0 unspecified atom stereocenters. The Labute approximate surface area is 116 Å². The number of hydrogen-bond donors (Lipinski definition) is 1. The summed E-state index contributed by atoms with van der Waals surface area (Å²) in [5.74, 6) is -0.217. The van der Waals surface area contributed by atoms with Crippen LogP contribution in [0.2, 0.25) is 0 Å². The van der Waals surface area contributed by atoms with Crippen LogP contribution in [0.4, 0.5) is 0 Å². The van der Waals surface area contributed by atoms with Crippen LogP contribution in [0, 0.1) is 5.41 Å². The summed E-state index contributed by atoms with van der Waals surface area (Å²) in [6.45, 7) is 3.61. The van der Waals surface area contributed by atoms with Crippen LogP contribution in [-0.4, -0.2) is 45.3 Å². The van der Waals surface area contributed by atoms with Gasteiger partial charge < -0.3 is 19.5 Å². The number of nitrogens with one attached hydrogen (secondary N) is 1. The van der Waals surface area contributed by atoms with Gasteiger partial charge in [0, 0.05) is 39.1 Å². The van der Waals surface area contributed by atoms with Crippen molar-refractivity contribution in [2.24, 2.45) is 5.41 Å². The van der Waals surface area contributed by atoms with Crippen LogP contribution in [0.15, 0.2) is 0 Å². The van der Waals surface area contributed by atoms with Crippen molar-refractivity contribution < 1.29 is 14.2 Å². The molecule has 3 fully saturated rings. The minimum absolute atomic E-state index is 0.217. The van der Waals surface area contributed by atoms with Crippen molar-refractivity contribution in [3.63, 3.8) is 0 Å². The van der Waals surface area contributed by atoms with Crippen molar-refractivity contribution >= 4 is 0 Å². The predicted octanol–water partition coefficient (Wildman–Crippen LogP) is 2.08. The van der Waals surface area contributed by atoms with E-state index in [4.69, 9.17) is 14.2 Å². The van der Waals surface area contributed by atoms with E-state index in [0.29, 0.717) is 11.5 Å². The molecule has 19 heavy (non-hydrogen) atoms. The molecule has 110 valence electrons. The lowest BCUT2D eigenvalue weighted by molar-refractivity contribution is -0.179. The summed E-state index contributed by atoms with van der Waals surface area (Å²) in [7, 11) is 1.80. The first-order valence-corrected chi connectivity index (χ1v) is 7.76. The highest BCUT2D eigenvalue weighted by Gasteiger charge is 2.44. The van der Waals surface area contributed by atoms with E-state index >= 15 is 0 Å². The molecule has 0 radical (unpaired) electrons. The van der Waals surface area contributed by atoms with Crippen LogP contribution < -0.4 is 5.32 Å². The van der Waals surface area contributed by atoms with Gasteiger partial charge in [0.25, 0.3) is 0 Å². The Balaban J connectivity index is 1.38. The van der Waals surface area contributed by atoms with Crippen LogP contribution in [-0.2, 0) is 14.2 Å². The first kappa shape index (κ1) is 13.8. The first-order valence-electron chi connectivity index (χ1n) is 7.76. The van der Waals surface area contributed by atoms with E-state index in [1.54, 1.807) is 7.11 Å². The third-order valence-electron chi connectivity index (χ3n) is 5.12. The molecule has 0 aromatic rings. The van der Waals surface area contributed by atoms with Gasteiger partial charge in [-0.05, 0) is 37.5 Å². The maximum Gasteiger partial charge on any atom is 0.168 e. The smallest absolute Gasteiger partial charge is 0.168 e. The molecule has 0 bridgehead atoms. The monoisotopic (exact) mass is 269 g/mol. The molecule has 1 saturated heterocycles. The van der Waals surface area contributed by atoms with Crippen molar-refractivity contribution in [2.45, 2.75) is 56.8 Å². The van der Waals surface area contributed by atoms with Gasteiger partial charge in [0.15, 0.2) is 5.79 Å². The second-order valence-electron chi connectivity index (χ2n) is 6.51. The lowest BCUT2D eigenvalue weighted by atomic mass is 9.89. The van der Waals surface area contributed by atoms with E-state index < -0.39 is 0 Å². The van der Waals surface area contributed by atoms with Crippen LogP contribution in [0.5, 0.6) is 0 Å². The maximum atomic E-state index is 5.77. The molecule has 0 atom stereocenters. The summed E-state index contributed by atoms with van der Waals surface area (Å²) in [6, 6.07) is 0.651. The Hall–Kier alpha value is -0.160. The first-order chi connectivity index (χ1) is 9.26. The Morgan fingerprint density at radius 1 is 1.11 bits per heavy atom. The summed E-state index contributed by atoms with van der Waals surface area (Å²) in [5.41, 5.74) is 0.547. The van der Waals surface area contributed by atoms with Crippen molar-refractivity contribution in [2.75, 3.05) is 33.5 Å². The Morgan fingerprint density at radius 3 is 2.37 bits per heavy atom. The molecule has 1 spiro atoms. The summed E-state index contributed by atoms with van der Waals surface area (Å²) in [4.78, 5) is 0. The molecule has 1 aliphatic heterocycles. The molecule has 4 heteroatoms. The molecule has 1 heterocycles. The standard InChI is InChI=1S/C15H27NO3/c1-17-9-8-14(6-7-14)12-16-13-2-4-15(5-3-13)18-10-11-19-15/h13,16H,2-12H2,1H3. The highest BCUT2D eigenvalue weighted by atomic mass is 16.7. The van der Waals surface area contributed by atoms with Gasteiger partial charge in [-0.3, -0.25) is 0 Å². The normalized spacial score (nSPS) is 28.9. The fourth-order valence-corrected chi connectivity index (χ4v) is 3.42. The van der Waals surface area contributed by atoms with E-state index in [-0.39, 0.29) is 5.79 Å². The molecular formula is C15H27NO3. The fourth-order valence-electron chi connectivity index (χ4n) is 3.42. The number of ether oxygens (including phenoxy) is 3. The van der Waals surface area contributed by atoms with E-state index in [9.17, 15) is 0 Å². The van der Waals surface area contributed by atoms with E-state index in [2.05, 4.69) is 5.32 Å². The molecular weight excluding hydrogens is 242 g/mol. The highest BCUT2D eigenvalue weighted by molar-refractivity contribution is 4.96. The summed E-state index contributed by atoms with van der Waals surface area (Å²) in [5, 5.41) is 3.77. The molecule has 0 amide bonds. The fraction of sp³-hybridized carbons (Fsp3) is 1.00. The maximum absolute atomic E-state index is 5.77. The Bertz CT molecular complexity index is 288. The van der Waals surface area contributed by atoms with Gasteiger partial charge in [-0.1, -0.05) is 0 Å².